The molecule has 0 saturated carbocycles. The lowest BCUT2D eigenvalue weighted by Crippen LogP contribution is -2.39. The van der Waals surface area contributed by atoms with Crippen LogP contribution in [0.1, 0.15) is 38.0 Å². The van der Waals surface area contributed by atoms with Gasteiger partial charge in [-0.15, -0.1) is 0 Å². The number of aromatic nitrogens is 2. The Hall–Kier alpha value is -3.23. The van der Waals surface area contributed by atoms with Crippen LogP contribution in [-0.2, 0) is 17.6 Å². The first-order valence-electron chi connectivity index (χ1n) is 9.15. The second-order valence-corrected chi connectivity index (χ2v) is 6.94. The van der Waals surface area contributed by atoms with Gasteiger partial charge in [0.15, 0.2) is 5.82 Å². The Morgan fingerprint density at radius 2 is 2.00 bits per heavy atom. The summed E-state index contributed by atoms with van der Waals surface area (Å²) in [4.78, 5) is 28.2. The molecule has 0 aliphatic heterocycles. The van der Waals surface area contributed by atoms with Crippen molar-refractivity contribution in [2.45, 2.75) is 18.9 Å². The Kier molecular flexibility index (Phi) is 7.16. The maximum atomic E-state index is 12.4. The van der Waals surface area contributed by atoms with Gasteiger partial charge in [0.2, 0.25) is 0 Å². The highest BCUT2D eigenvalue weighted by molar-refractivity contribution is 6.31. The highest BCUT2D eigenvalue weighted by Crippen LogP contribution is 2.20. The molecule has 2 N–H and O–H groups in total. The molecular formula is C21H20ClN3O5. The first-order valence-corrected chi connectivity index (χ1v) is 9.53. The van der Waals surface area contributed by atoms with E-state index >= 15 is 0 Å². The molecule has 0 unspecified atom stereocenters. The first kappa shape index (κ1) is 21.5. The SMILES string of the molecule is COC(=O)c1ccc(Cl)c(Cc2noc(C(=O)N[C@@H](CO)Cc3ccccc3)n2)c1. The number of amides is 1. The van der Waals surface area contributed by atoms with Crippen molar-refractivity contribution in [1.29, 1.82) is 0 Å². The Balaban J connectivity index is 1.67. The molecule has 0 saturated heterocycles. The summed E-state index contributed by atoms with van der Waals surface area (Å²) >= 11 is 6.18. The van der Waals surface area contributed by atoms with Crippen LogP contribution < -0.4 is 5.32 Å². The van der Waals surface area contributed by atoms with Gasteiger partial charge in [-0.3, -0.25) is 4.79 Å². The molecule has 0 bridgehead atoms. The molecule has 1 aromatic heterocycles. The zero-order chi connectivity index (χ0) is 21.5. The molecule has 2 aromatic carbocycles. The quantitative estimate of drug-likeness (QED) is 0.528. The number of halogens is 1. The Morgan fingerprint density at radius 3 is 2.70 bits per heavy atom. The average Bonchev–Trinajstić information content (AvgIpc) is 3.23. The van der Waals surface area contributed by atoms with Gasteiger partial charge in [0, 0.05) is 11.4 Å². The van der Waals surface area contributed by atoms with E-state index in [1.165, 1.54) is 7.11 Å². The monoisotopic (exact) mass is 429 g/mol. The van der Waals surface area contributed by atoms with Gasteiger partial charge in [-0.05, 0) is 35.7 Å². The Bertz CT molecular complexity index is 1020. The second-order valence-electron chi connectivity index (χ2n) is 6.53. The summed E-state index contributed by atoms with van der Waals surface area (Å²) in [7, 11) is 1.29. The summed E-state index contributed by atoms with van der Waals surface area (Å²) in [6.07, 6.45) is 0.619. The van der Waals surface area contributed by atoms with Crippen LogP contribution in [0.25, 0.3) is 0 Å². The number of nitrogens with one attached hydrogen (secondary N) is 1. The van der Waals surface area contributed by atoms with Crippen LogP contribution in [-0.4, -0.2) is 46.9 Å². The van der Waals surface area contributed by atoms with Crippen LogP contribution in [0, 0.1) is 0 Å². The normalized spacial score (nSPS) is 11.7. The van der Waals surface area contributed by atoms with Gasteiger partial charge in [0.1, 0.15) is 0 Å². The van der Waals surface area contributed by atoms with E-state index in [1.807, 2.05) is 30.3 Å². The van der Waals surface area contributed by atoms with Crippen molar-refractivity contribution >= 4 is 23.5 Å². The highest BCUT2D eigenvalue weighted by atomic mass is 35.5. The van der Waals surface area contributed by atoms with Crippen molar-refractivity contribution < 1.29 is 24.0 Å². The number of benzene rings is 2. The van der Waals surface area contributed by atoms with E-state index in [2.05, 4.69) is 15.5 Å². The number of nitrogens with zero attached hydrogens (tertiary/aromatic N) is 2. The van der Waals surface area contributed by atoms with Gasteiger partial charge in [-0.2, -0.15) is 4.98 Å². The molecule has 3 rings (SSSR count). The summed E-state index contributed by atoms with van der Waals surface area (Å²) < 4.78 is 9.75. The number of carbonyl (C=O) groups excluding carboxylic acids is 2. The van der Waals surface area contributed by atoms with E-state index in [0.717, 1.165) is 5.56 Å². The fourth-order valence-electron chi connectivity index (χ4n) is 2.85. The maximum absolute atomic E-state index is 12.4. The molecule has 1 amide bonds. The van der Waals surface area contributed by atoms with Crippen molar-refractivity contribution in [3.63, 3.8) is 0 Å². The van der Waals surface area contributed by atoms with Crippen molar-refractivity contribution in [2.24, 2.45) is 0 Å². The number of ether oxygens (including phenoxy) is 1. The van der Waals surface area contributed by atoms with Crippen LogP contribution in [0.15, 0.2) is 53.1 Å². The number of hydrogen-bond acceptors (Lipinski definition) is 7. The van der Waals surface area contributed by atoms with Crippen LogP contribution >= 0.6 is 11.6 Å². The van der Waals surface area contributed by atoms with E-state index < -0.39 is 17.9 Å². The fourth-order valence-corrected chi connectivity index (χ4v) is 3.03. The number of methoxy groups -OCH3 is 1. The van der Waals surface area contributed by atoms with Gasteiger partial charge in [0.05, 0.1) is 25.3 Å². The molecule has 9 heteroatoms. The van der Waals surface area contributed by atoms with E-state index in [1.54, 1.807) is 18.2 Å². The lowest BCUT2D eigenvalue weighted by molar-refractivity contribution is 0.0600. The fraction of sp³-hybridized carbons (Fsp3) is 0.238. The van der Waals surface area contributed by atoms with Gasteiger partial charge in [-0.25, -0.2) is 4.79 Å². The summed E-state index contributed by atoms with van der Waals surface area (Å²) in [5.74, 6) is -1.07. The largest absolute Gasteiger partial charge is 0.465 e. The summed E-state index contributed by atoms with van der Waals surface area (Å²) in [5, 5.41) is 16.5. The predicted molar refractivity (Wildman–Crippen MR) is 108 cm³/mol. The molecule has 3 aromatic rings. The van der Waals surface area contributed by atoms with Crippen LogP contribution in [0.3, 0.4) is 0 Å². The summed E-state index contributed by atoms with van der Waals surface area (Å²) in [6.45, 7) is -0.239. The molecule has 0 aliphatic rings. The zero-order valence-electron chi connectivity index (χ0n) is 16.2. The minimum Gasteiger partial charge on any atom is -0.465 e. The van der Waals surface area contributed by atoms with E-state index in [4.69, 9.17) is 20.9 Å². The third kappa shape index (κ3) is 5.43. The number of hydrogen-bond donors (Lipinski definition) is 2. The predicted octanol–water partition coefficient (Wildman–Crippen LogP) is 2.43. The van der Waals surface area contributed by atoms with Crippen molar-refractivity contribution in [2.75, 3.05) is 13.7 Å². The highest BCUT2D eigenvalue weighted by Gasteiger charge is 2.20. The summed E-state index contributed by atoms with van der Waals surface area (Å²) in [6, 6.07) is 13.7. The number of carbonyl (C=O) groups is 2. The molecule has 1 atom stereocenters. The first-order chi connectivity index (χ1) is 14.5. The standard InChI is InChI=1S/C21H20ClN3O5/c1-29-21(28)14-7-8-17(22)15(10-14)11-18-24-20(30-25-18)19(27)23-16(12-26)9-13-5-3-2-4-6-13/h2-8,10,16,26H,9,11-12H2,1H3,(H,23,27)/t16-/m1/s1. The van der Waals surface area contributed by atoms with Crippen LogP contribution in [0.5, 0.6) is 0 Å². The van der Waals surface area contributed by atoms with Gasteiger partial charge < -0.3 is 19.7 Å². The number of aliphatic hydroxyl groups excluding tert-OH is 1. The van der Waals surface area contributed by atoms with Gasteiger partial charge >= 0.3 is 17.8 Å². The minimum atomic E-state index is -0.585. The zero-order valence-corrected chi connectivity index (χ0v) is 16.9. The lowest BCUT2D eigenvalue weighted by atomic mass is 10.1. The molecule has 0 fully saturated rings. The number of esters is 1. The molecular weight excluding hydrogens is 410 g/mol. The second kappa shape index (κ2) is 10.00. The topological polar surface area (TPSA) is 115 Å². The summed E-state index contributed by atoms with van der Waals surface area (Å²) in [5.41, 5.74) is 1.90. The smallest absolute Gasteiger partial charge is 0.337 e. The Labute approximate surface area is 177 Å². The third-order valence-corrected chi connectivity index (χ3v) is 4.73. The minimum absolute atomic E-state index is 0.161. The number of aliphatic hydroxyl groups is 1. The van der Waals surface area contributed by atoms with E-state index in [0.29, 0.717) is 22.6 Å². The van der Waals surface area contributed by atoms with Crippen LogP contribution in [0.2, 0.25) is 5.02 Å². The van der Waals surface area contributed by atoms with Crippen molar-refractivity contribution in [3.05, 3.63) is 82.0 Å². The van der Waals surface area contributed by atoms with Crippen molar-refractivity contribution in [3.8, 4) is 0 Å². The molecule has 1 heterocycles. The van der Waals surface area contributed by atoms with Crippen LogP contribution in [0.4, 0.5) is 0 Å². The number of rotatable bonds is 8. The van der Waals surface area contributed by atoms with E-state index in [-0.39, 0.29) is 24.7 Å². The van der Waals surface area contributed by atoms with Crippen molar-refractivity contribution in [1.82, 2.24) is 15.5 Å². The third-order valence-electron chi connectivity index (χ3n) is 4.36. The van der Waals surface area contributed by atoms with Gasteiger partial charge in [-0.1, -0.05) is 47.1 Å². The van der Waals surface area contributed by atoms with Gasteiger partial charge in [0.25, 0.3) is 0 Å². The maximum Gasteiger partial charge on any atom is 0.337 e. The molecule has 8 nitrogen and oxygen atoms in total. The molecule has 0 aliphatic carbocycles. The molecule has 156 valence electrons. The Morgan fingerprint density at radius 1 is 1.23 bits per heavy atom. The molecule has 0 spiro atoms. The average molecular weight is 430 g/mol. The van der Waals surface area contributed by atoms with E-state index in [9.17, 15) is 14.7 Å². The molecule has 0 radical (unpaired) electrons. The molecule has 30 heavy (non-hydrogen) atoms. The lowest BCUT2D eigenvalue weighted by Gasteiger charge is -2.14.